The summed E-state index contributed by atoms with van der Waals surface area (Å²) in [5, 5.41) is 4.11. The molecule has 2 N–H and O–H groups in total. The number of aromatic amines is 1. The molecular formula is C31H31F2N7O. The number of rotatable bonds is 7. The van der Waals surface area contributed by atoms with Gasteiger partial charge in [-0.3, -0.25) is 0 Å². The van der Waals surface area contributed by atoms with Crippen LogP contribution < -0.4 is 15.0 Å². The third kappa shape index (κ3) is 5.43. The van der Waals surface area contributed by atoms with E-state index in [1.165, 1.54) is 24.4 Å². The molecule has 5 aromatic rings. The molecule has 6 rings (SSSR count). The topological polar surface area (TPSA) is 82.2 Å². The Morgan fingerprint density at radius 2 is 1.80 bits per heavy atom. The molecular weight excluding hydrogens is 524 g/mol. The van der Waals surface area contributed by atoms with E-state index in [0.29, 0.717) is 34.3 Å². The van der Waals surface area contributed by atoms with Crippen molar-refractivity contribution >= 4 is 28.2 Å². The average molecular weight is 556 g/mol. The summed E-state index contributed by atoms with van der Waals surface area (Å²) < 4.78 is 33.2. The Hall–Kier alpha value is -4.57. The van der Waals surface area contributed by atoms with Crippen molar-refractivity contribution in [2.24, 2.45) is 0 Å². The average Bonchev–Trinajstić information content (AvgIpc) is 3.40. The number of anilines is 3. The summed E-state index contributed by atoms with van der Waals surface area (Å²) in [6.45, 7) is 1.93. The zero-order valence-electron chi connectivity index (χ0n) is 23.2. The minimum Gasteiger partial charge on any atom is -0.495 e. The summed E-state index contributed by atoms with van der Waals surface area (Å²) in [6, 6.07) is 14.1. The molecule has 8 nitrogen and oxygen atoms in total. The highest BCUT2D eigenvalue weighted by Gasteiger charge is 2.23. The lowest BCUT2D eigenvalue weighted by Crippen LogP contribution is -2.42. The normalized spacial score (nSPS) is 14.1. The molecule has 2 aromatic carbocycles. The van der Waals surface area contributed by atoms with Crippen LogP contribution in [-0.2, 0) is 0 Å². The molecule has 0 radical (unpaired) electrons. The van der Waals surface area contributed by atoms with Crippen molar-refractivity contribution in [1.82, 2.24) is 24.8 Å². The lowest BCUT2D eigenvalue weighted by Gasteiger charge is -2.37. The van der Waals surface area contributed by atoms with E-state index < -0.39 is 5.95 Å². The quantitative estimate of drug-likeness (QED) is 0.230. The van der Waals surface area contributed by atoms with Crippen molar-refractivity contribution in [3.8, 4) is 28.1 Å². The molecule has 41 heavy (non-hydrogen) atoms. The van der Waals surface area contributed by atoms with E-state index in [1.807, 2.05) is 12.1 Å². The fraction of sp³-hybridized carbons (Fsp3) is 0.258. The number of methoxy groups -OCH3 is 1. The monoisotopic (exact) mass is 555 g/mol. The van der Waals surface area contributed by atoms with Gasteiger partial charge in [-0.1, -0.05) is 0 Å². The number of nitrogens with zero attached hydrogens (tertiary/aromatic N) is 5. The second kappa shape index (κ2) is 11.1. The van der Waals surface area contributed by atoms with Gasteiger partial charge in [-0.2, -0.15) is 4.39 Å². The molecule has 0 atom stereocenters. The molecule has 4 heterocycles. The van der Waals surface area contributed by atoms with Crippen LogP contribution in [0.5, 0.6) is 5.75 Å². The number of halogens is 2. The van der Waals surface area contributed by atoms with E-state index in [2.05, 4.69) is 50.2 Å². The Labute approximate surface area is 237 Å². The number of H-pyrrole nitrogens is 1. The van der Waals surface area contributed by atoms with Crippen LogP contribution >= 0.6 is 0 Å². The molecule has 0 saturated carbocycles. The van der Waals surface area contributed by atoms with Gasteiger partial charge in [-0.15, -0.1) is 0 Å². The summed E-state index contributed by atoms with van der Waals surface area (Å²) >= 11 is 0. The Balaban J connectivity index is 1.33. The van der Waals surface area contributed by atoms with Crippen molar-refractivity contribution in [2.45, 2.75) is 18.9 Å². The molecule has 1 fully saturated rings. The number of ether oxygens (including phenoxy) is 1. The summed E-state index contributed by atoms with van der Waals surface area (Å²) in [7, 11) is 5.95. The van der Waals surface area contributed by atoms with Crippen LogP contribution in [-0.4, -0.2) is 65.2 Å². The van der Waals surface area contributed by atoms with E-state index >= 15 is 0 Å². The molecule has 210 valence electrons. The molecule has 1 aliphatic heterocycles. The number of fused-ring (bicyclic) bond motifs is 1. The second-order valence-electron chi connectivity index (χ2n) is 10.4. The van der Waals surface area contributed by atoms with Gasteiger partial charge in [-0.05, 0) is 69.4 Å². The Morgan fingerprint density at radius 1 is 0.976 bits per heavy atom. The number of hydrogen-bond acceptors (Lipinski definition) is 7. The van der Waals surface area contributed by atoms with Crippen LogP contribution in [0, 0.1) is 11.8 Å². The molecule has 1 aliphatic rings. The molecule has 0 aliphatic carbocycles. The van der Waals surface area contributed by atoms with Crippen LogP contribution in [0.15, 0.2) is 67.1 Å². The number of benzene rings is 2. The first-order valence-corrected chi connectivity index (χ1v) is 13.5. The number of pyridine rings is 1. The van der Waals surface area contributed by atoms with E-state index in [4.69, 9.17) is 9.72 Å². The molecule has 0 amide bonds. The minimum atomic E-state index is -0.573. The number of aromatic nitrogens is 4. The maximum atomic E-state index is 13.9. The van der Waals surface area contributed by atoms with Gasteiger partial charge in [-0.25, -0.2) is 19.3 Å². The van der Waals surface area contributed by atoms with Gasteiger partial charge >= 0.3 is 0 Å². The first-order valence-electron chi connectivity index (χ1n) is 13.5. The fourth-order valence-electron chi connectivity index (χ4n) is 5.46. The second-order valence-corrected chi connectivity index (χ2v) is 10.4. The summed E-state index contributed by atoms with van der Waals surface area (Å²) in [5.74, 6) is 0.234. The first-order chi connectivity index (χ1) is 19.9. The molecule has 10 heteroatoms. The van der Waals surface area contributed by atoms with Crippen molar-refractivity contribution in [2.75, 3.05) is 44.5 Å². The van der Waals surface area contributed by atoms with Gasteiger partial charge in [0.25, 0.3) is 0 Å². The van der Waals surface area contributed by atoms with Gasteiger partial charge in [0, 0.05) is 77.1 Å². The van der Waals surface area contributed by atoms with Crippen molar-refractivity contribution in [1.29, 1.82) is 0 Å². The molecule has 0 spiro atoms. The summed E-state index contributed by atoms with van der Waals surface area (Å²) in [6.07, 6.45) is 7.12. The Kier molecular flexibility index (Phi) is 7.23. The van der Waals surface area contributed by atoms with Crippen LogP contribution in [0.1, 0.15) is 12.8 Å². The van der Waals surface area contributed by atoms with Crippen LogP contribution in [0.2, 0.25) is 0 Å². The van der Waals surface area contributed by atoms with Gasteiger partial charge in [0.05, 0.1) is 18.5 Å². The van der Waals surface area contributed by atoms with Crippen LogP contribution in [0.3, 0.4) is 0 Å². The maximum absolute atomic E-state index is 13.9. The van der Waals surface area contributed by atoms with E-state index in [-0.39, 0.29) is 5.82 Å². The standard InChI is InChI=1S/C31H31F2N7O/c1-39(2)22-10-12-40(13-11-22)27-8-6-21(15-28(27)41-3)37-31-36-17-24(19-4-9-29(33)35-16-19)30(38-31)25-18-34-26-14-20(32)5-7-23(25)26/h4-9,14-18,22,34H,10-13H2,1-3H3,(H,36,37,38). The van der Waals surface area contributed by atoms with Gasteiger partial charge in [0.15, 0.2) is 0 Å². The Bertz CT molecular complexity index is 1680. The summed E-state index contributed by atoms with van der Waals surface area (Å²) in [5.41, 5.74) is 5.17. The predicted molar refractivity (Wildman–Crippen MR) is 158 cm³/mol. The van der Waals surface area contributed by atoms with Gasteiger partial charge < -0.3 is 24.8 Å². The lowest BCUT2D eigenvalue weighted by atomic mass is 10.0. The van der Waals surface area contributed by atoms with Crippen LogP contribution in [0.25, 0.3) is 33.3 Å². The maximum Gasteiger partial charge on any atom is 0.227 e. The SMILES string of the molecule is COc1cc(Nc2ncc(-c3ccc(F)nc3)c(-c3c[nH]c4cc(F)ccc34)n2)ccc1N1CCC(N(C)C)CC1. The highest BCUT2D eigenvalue weighted by atomic mass is 19.1. The third-order valence-electron chi connectivity index (χ3n) is 7.70. The fourth-order valence-corrected chi connectivity index (χ4v) is 5.46. The van der Waals surface area contributed by atoms with Crippen molar-refractivity contribution < 1.29 is 13.5 Å². The largest absolute Gasteiger partial charge is 0.495 e. The van der Waals surface area contributed by atoms with Gasteiger partial charge in [0.2, 0.25) is 11.9 Å². The highest BCUT2D eigenvalue weighted by molar-refractivity contribution is 5.98. The van der Waals surface area contributed by atoms with Crippen molar-refractivity contribution in [3.05, 3.63) is 78.9 Å². The molecule has 0 bridgehead atoms. The molecule has 3 aromatic heterocycles. The number of piperidine rings is 1. The summed E-state index contributed by atoms with van der Waals surface area (Å²) in [4.78, 5) is 21.0. The zero-order valence-corrected chi connectivity index (χ0v) is 23.2. The highest BCUT2D eigenvalue weighted by Crippen LogP contribution is 2.37. The predicted octanol–water partition coefficient (Wildman–Crippen LogP) is 6.25. The van der Waals surface area contributed by atoms with E-state index in [0.717, 1.165) is 54.0 Å². The van der Waals surface area contributed by atoms with Crippen LogP contribution in [0.4, 0.5) is 26.1 Å². The van der Waals surface area contributed by atoms with E-state index in [1.54, 1.807) is 31.6 Å². The minimum absolute atomic E-state index is 0.335. The van der Waals surface area contributed by atoms with Crippen molar-refractivity contribution in [3.63, 3.8) is 0 Å². The molecule has 0 unspecified atom stereocenters. The number of hydrogen-bond donors (Lipinski definition) is 2. The molecule has 1 saturated heterocycles. The smallest absolute Gasteiger partial charge is 0.227 e. The third-order valence-corrected chi connectivity index (χ3v) is 7.70. The first kappa shape index (κ1) is 26.6. The Morgan fingerprint density at radius 3 is 2.54 bits per heavy atom. The van der Waals surface area contributed by atoms with Gasteiger partial charge in [0.1, 0.15) is 11.6 Å². The van der Waals surface area contributed by atoms with E-state index in [9.17, 15) is 8.78 Å². The lowest BCUT2D eigenvalue weighted by molar-refractivity contribution is 0.249. The number of nitrogens with one attached hydrogen (secondary N) is 2. The zero-order chi connectivity index (χ0) is 28.5.